The Kier molecular flexibility index (Phi) is 5.97. The van der Waals surface area contributed by atoms with E-state index in [2.05, 4.69) is 52.9 Å². The average Bonchev–Trinajstić information content (AvgIpc) is 2.78. The molecule has 0 saturated carbocycles. The Bertz CT molecular complexity index is 1140. The van der Waals surface area contributed by atoms with Crippen molar-refractivity contribution < 1.29 is 4.74 Å². The molecule has 4 rings (SSSR count). The quantitative estimate of drug-likeness (QED) is 0.633. The lowest BCUT2D eigenvalue weighted by atomic mass is 10.1. The highest BCUT2D eigenvalue weighted by Crippen LogP contribution is 2.14. The molecule has 0 aliphatic carbocycles. The number of aromatic nitrogens is 2. The van der Waals surface area contributed by atoms with Gasteiger partial charge in [-0.3, -0.25) is 14.3 Å². The average molecular weight is 399 g/mol. The van der Waals surface area contributed by atoms with Crippen LogP contribution in [-0.2, 0) is 19.5 Å². The van der Waals surface area contributed by atoms with Gasteiger partial charge in [0.15, 0.2) is 0 Å². The van der Waals surface area contributed by atoms with Crippen LogP contribution in [0.4, 0.5) is 0 Å². The van der Waals surface area contributed by atoms with Crippen LogP contribution >= 0.6 is 0 Å². The van der Waals surface area contributed by atoms with Gasteiger partial charge in [-0.25, -0.2) is 4.98 Å². The zero-order chi connectivity index (χ0) is 20.9. The number of hydrogen-bond donors (Lipinski definition) is 0. The molecule has 1 aromatic heterocycles. The molecule has 0 saturated heterocycles. The lowest BCUT2D eigenvalue weighted by Crippen LogP contribution is -2.38. The van der Waals surface area contributed by atoms with Crippen LogP contribution in [0.1, 0.15) is 27.9 Å². The van der Waals surface area contributed by atoms with Crippen molar-refractivity contribution in [3.05, 3.63) is 93.2 Å². The standard InChI is InChI=1S/C25H25N3O2/c1-19-5-7-21(8-6-19)16-28-18-26-24-13-15-27(17-23(24)25(28)29)14-3-4-20-9-11-22(30-2)12-10-20/h5-12,18H,13-17H2,1-2H3. The summed E-state index contributed by atoms with van der Waals surface area (Å²) < 4.78 is 6.88. The van der Waals surface area contributed by atoms with E-state index in [0.717, 1.165) is 41.1 Å². The summed E-state index contributed by atoms with van der Waals surface area (Å²) in [6.45, 7) is 4.67. The first-order valence-corrected chi connectivity index (χ1v) is 10.1. The van der Waals surface area contributed by atoms with Crippen LogP contribution in [-0.4, -0.2) is 34.7 Å². The van der Waals surface area contributed by atoms with Gasteiger partial charge in [-0.2, -0.15) is 0 Å². The van der Waals surface area contributed by atoms with Crippen molar-refractivity contribution >= 4 is 0 Å². The van der Waals surface area contributed by atoms with Crippen LogP contribution in [0, 0.1) is 18.8 Å². The summed E-state index contributed by atoms with van der Waals surface area (Å²) >= 11 is 0. The summed E-state index contributed by atoms with van der Waals surface area (Å²) in [7, 11) is 1.65. The van der Waals surface area contributed by atoms with Crippen molar-refractivity contribution in [3.8, 4) is 17.6 Å². The zero-order valence-electron chi connectivity index (χ0n) is 17.4. The maximum atomic E-state index is 13.0. The molecule has 0 fully saturated rings. The van der Waals surface area contributed by atoms with E-state index in [4.69, 9.17) is 4.74 Å². The molecule has 0 atom stereocenters. The zero-order valence-corrected chi connectivity index (χ0v) is 17.4. The second kappa shape index (κ2) is 8.98. The third-order valence-corrected chi connectivity index (χ3v) is 5.37. The van der Waals surface area contributed by atoms with Crippen molar-refractivity contribution in [2.45, 2.75) is 26.4 Å². The molecular formula is C25H25N3O2. The number of methoxy groups -OCH3 is 1. The molecule has 30 heavy (non-hydrogen) atoms. The minimum atomic E-state index is 0.0494. The van der Waals surface area contributed by atoms with Crippen LogP contribution in [0.15, 0.2) is 59.7 Å². The Morgan fingerprint density at radius 1 is 1.10 bits per heavy atom. The molecule has 5 nitrogen and oxygen atoms in total. The maximum Gasteiger partial charge on any atom is 0.258 e. The third kappa shape index (κ3) is 4.61. The molecular weight excluding hydrogens is 374 g/mol. The normalized spacial score (nSPS) is 13.3. The first-order chi connectivity index (χ1) is 14.6. The number of rotatable bonds is 4. The predicted molar refractivity (Wildman–Crippen MR) is 118 cm³/mol. The Balaban J connectivity index is 1.45. The van der Waals surface area contributed by atoms with E-state index in [1.165, 1.54) is 5.56 Å². The fourth-order valence-corrected chi connectivity index (χ4v) is 3.57. The van der Waals surface area contributed by atoms with E-state index in [1.807, 2.05) is 24.3 Å². The highest BCUT2D eigenvalue weighted by molar-refractivity contribution is 5.38. The van der Waals surface area contributed by atoms with Crippen LogP contribution in [0.3, 0.4) is 0 Å². The van der Waals surface area contributed by atoms with Crippen molar-refractivity contribution in [1.29, 1.82) is 0 Å². The Labute approximate surface area is 177 Å². The van der Waals surface area contributed by atoms with E-state index in [1.54, 1.807) is 18.0 Å². The lowest BCUT2D eigenvalue weighted by molar-refractivity contribution is 0.280. The largest absolute Gasteiger partial charge is 0.497 e. The summed E-state index contributed by atoms with van der Waals surface area (Å²) in [5.74, 6) is 7.23. The summed E-state index contributed by atoms with van der Waals surface area (Å²) in [6, 6.07) is 16.0. The molecule has 2 heterocycles. The smallest absolute Gasteiger partial charge is 0.258 e. The van der Waals surface area contributed by atoms with E-state index in [9.17, 15) is 4.79 Å². The molecule has 0 amide bonds. The number of aryl methyl sites for hydroxylation is 1. The molecule has 1 aliphatic heterocycles. The molecule has 0 unspecified atom stereocenters. The highest BCUT2D eigenvalue weighted by Gasteiger charge is 2.20. The van der Waals surface area contributed by atoms with E-state index in [0.29, 0.717) is 19.6 Å². The van der Waals surface area contributed by atoms with Crippen molar-refractivity contribution in [2.75, 3.05) is 20.2 Å². The van der Waals surface area contributed by atoms with Gasteiger partial charge in [0, 0.05) is 25.1 Å². The summed E-state index contributed by atoms with van der Waals surface area (Å²) in [5.41, 5.74) is 5.02. The number of benzene rings is 2. The first kappa shape index (κ1) is 19.9. The van der Waals surface area contributed by atoms with Gasteiger partial charge in [0.05, 0.1) is 37.8 Å². The van der Waals surface area contributed by atoms with E-state index >= 15 is 0 Å². The number of fused-ring (bicyclic) bond motifs is 1. The van der Waals surface area contributed by atoms with Crippen LogP contribution in [0.2, 0.25) is 0 Å². The first-order valence-electron chi connectivity index (χ1n) is 10.1. The Hall–Kier alpha value is -3.36. The fourth-order valence-electron chi connectivity index (χ4n) is 3.57. The Morgan fingerprint density at radius 3 is 2.60 bits per heavy atom. The minimum Gasteiger partial charge on any atom is -0.497 e. The molecule has 2 aromatic carbocycles. The monoisotopic (exact) mass is 399 g/mol. The molecule has 0 radical (unpaired) electrons. The lowest BCUT2D eigenvalue weighted by Gasteiger charge is -2.26. The molecule has 0 N–H and O–H groups in total. The van der Waals surface area contributed by atoms with Crippen LogP contribution in [0.5, 0.6) is 5.75 Å². The molecule has 1 aliphatic rings. The maximum absolute atomic E-state index is 13.0. The van der Waals surface area contributed by atoms with Gasteiger partial charge in [0.1, 0.15) is 5.75 Å². The summed E-state index contributed by atoms with van der Waals surface area (Å²) in [4.78, 5) is 19.8. The van der Waals surface area contributed by atoms with Crippen molar-refractivity contribution in [3.63, 3.8) is 0 Å². The van der Waals surface area contributed by atoms with Crippen molar-refractivity contribution in [2.24, 2.45) is 0 Å². The number of ether oxygens (including phenoxy) is 1. The summed E-state index contributed by atoms with van der Waals surface area (Å²) in [6.07, 6.45) is 2.46. The van der Waals surface area contributed by atoms with Gasteiger partial charge in [-0.05, 0) is 36.8 Å². The van der Waals surface area contributed by atoms with Gasteiger partial charge in [0.2, 0.25) is 0 Å². The van der Waals surface area contributed by atoms with Crippen molar-refractivity contribution in [1.82, 2.24) is 14.5 Å². The summed E-state index contributed by atoms with van der Waals surface area (Å²) in [5, 5.41) is 0. The molecule has 0 spiro atoms. The second-order valence-electron chi connectivity index (χ2n) is 7.58. The highest BCUT2D eigenvalue weighted by atomic mass is 16.5. The molecule has 152 valence electrons. The fraction of sp³-hybridized carbons (Fsp3) is 0.280. The van der Waals surface area contributed by atoms with Gasteiger partial charge in [-0.1, -0.05) is 41.7 Å². The topological polar surface area (TPSA) is 47.4 Å². The number of hydrogen-bond acceptors (Lipinski definition) is 4. The van der Waals surface area contributed by atoms with E-state index < -0.39 is 0 Å². The SMILES string of the molecule is COc1ccc(C#CCN2CCc3ncn(Cc4ccc(C)cc4)c(=O)c3C2)cc1. The molecule has 5 heteroatoms. The van der Waals surface area contributed by atoms with Gasteiger partial charge < -0.3 is 4.74 Å². The van der Waals surface area contributed by atoms with Crippen LogP contribution in [0.25, 0.3) is 0 Å². The molecule has 3 aromatic rings. The predicted octanol–water partition coefficient (Wildman–Crippen LogP) is 3.02. The second-order valence-corrected chi connectivity index (χ2v) is 7.58. The van der Waals surface area contributed by atoms with Crippen LogP contribution < -0.4 is 10.3 Å². The van der Waals surface area contributed by atoms with Gasteiger partial charge >= 0.3 is 0 Å². The molecule has 0 bridgehead atoms. The minimum absolute atomic E-state index is 0.0494. The Morgan fingerprint density at radius 2 is 1.87 bits per heavy atom. The third-order valence-electron chi connectivity index (χ3n) is 5.37. The van der Waals surface area contributed by atoms with Gasteiger partial charge in [-0.15, -0.1) is 0 Å². The van der Waals surface area contributed by atoms with Gasteiger partial charge in [0.25, 0.3) is 5.56 Å². The number of nitrogens with zero attached hydrogens (tertiary/aromatic N) is 3. The van der Waals surface area contributed by atoms with E-state index in [-0.39, 0.29) is 5.56 Å².